The summed E-state index contributed by atoms with van der Waals surface area (Å²) < 4.78 is 13.9. The fourth-order valence-electron chi connectivity index (χ4n) is 4.34. The average molecular weight is 485 g/mol. The zero-order valence-electron chi connectivity index (χ0n) is 21.5. The number of nitrogens with two attached hydrogens (primary N) is 2. The Morgan fingerprint density at radius 2 is 1.91 bits per heavy atom. The molecule has 1 aromatic carbocycles. The van der Waals surface area contributed by atoms with Gasteiger partial charge in [0.25, 0.3) is 0 Å². The number of imidazole rings is 1. The van der Waals surface area contributed by atoms with E-state index in [0.717, 1.165) is 66.6 Å². The number of rotatable bonds is 14. The van der Waals surface area contributed by atoms with Crippen LogP contribution in [0.2, 0.25) is 0 Å². The number of primary amides is 1. The van der Waals surface area contributed by atoms with Crippen molar-refractivity contribution in [3.8, 4) is 5.75 Å². The van der Waals surface area contributed by atoms with Gasteiger partial charge in [-0.1, -0.05) is 19.8 Å². The lowest BCUT2D eigenvalue weighted by atomic mass is 10.1. The van der Waals surface area contributed by atoms with Crippen LogP contribution in [0.5, 0.6) is 5.75 Å². The minimum Gasteiger partial charge on any atom is -0.494 e. The highest BCUT2D eigenvalue weighted by Gasteiger charge is 2.18. The molecule has 0 aliphatic heterocycles. The number of amides is 2. The van der Waals surface area contributed by atoms with Gasteiger partial charge in [-0.3, -0.25) is 0 Å². The van der Waals surface area contributed by atoms with Crippen LogP contribution in [0.25, 0.3) is 21.9 Å². The Bertz CT molecular complexity index is 1130. The van der Waals surface area contributed by atoms with Gasteiger partial charge in [-0.25, -0.2) is 14.8 Å². The van der Waals surface area contributed by atoms with E-state index in [0.29, 0.717) is 37.7 Å². The van der Waals surface area contributed by atoms with E-state index in [1.165, 1.54) is 0 Å². The monoisotopic (exact) mass is 484 g/mol. The molecule has 9 nitrogen and oxygen atoms in total. The largest absolute Gasteiger partial charge is 0.494 e. The third-order valence-electron chi connectivity index (χ3n) is 6.10. The van der Waals surface area contributed by atoms with Crippen molar-refractivity contribution in [2.75, 3.05) is 25.5 Å². The molecule has 0 bridgehead atoms. The molecule has 0 saturated heterocycles. The Hall–Kier alpha value is -3.07. The number of hydrogen-bond acceptors (Lipinski definition) is 6. The quantitative estimate of drug-likeness (QED) is 0.316. The maximum Gasteiger partial charge on any atom is 0.315 e. The second-order valence-corrected chi connectivity index (χ2v) is 9.08. The summed E-state index contributed by atoms with van der Waals surface area (Å²) in [7, 11) is 0. The van der Waals surface area contributed by atoms with Gasteiger partial charge < -0.3 is 30.4 Å². The number of carbonyl (C=O) groups is 1. The van der Waals surface area contributed by atoms with E-state index in [2.05, 4.69) is 16.5 Å². The van der Waals surface area contributed by atoms with Gasteiger partial charge in [-0.15, -0.1) is 0 Å². The molecule has 3 aromatic rings. The summed E-state index contributed by atoms with van der Waals surface area (Å²) in [6.07, 6.45) is 4.91. The second kappa shape index (κ2) is 12.6. The van der Waals surface area contributed by atoms with Crippen molar-refractivity contribution >= 4 is 33.8 Å². The number of nitrogen functional groups attached to an aromatic ring is 1. The predicted octanol–water partition coefficient (Wildman–Crippen LogP) is 4.84. The normalized spacial score (nSPS) is 11.6. The number of anilines is 1. The van der Waals surface area contributed by atoms with Gasteiger partial charge in [0.1, 0.15) is 23.7 Å². The van der Waals surface area contributed by atoms with E-state index in [1.54, 1.807) is 4.90 Å². The maximum atomic E-state index is 11.5. The zero-order valence-corrected chi connectivity index (χ0v) is 21.5. The molecule has 3 rings (SSSR count). The lowest BCUT2D eigenvalue weighted by Crippen LogP contribution is -2.41. The highest BCUT2D eigenvalue weighted by Crippen LogP contribution is 2.31. The summed E-state index contributed by atoms with van der Waals surface area (Å²) in [5, 5.41) is 0.982. The molecule has 0 saturated carbocycles. The number of nitrogens with zero attached hydrogens (tertiary/aromatic N) is 4. The molecule has 192 valence electrons. The highest BCUT2D eigenvalue weighted by atomic mass is 16.5. The topological polar surface area (TPSA) is 122 Å². The predicted molar refractivity (Wildman–Crippen MR) is 140 cm³/mol. The lowest BCUT2D eigenvalue weighted by molar-refractivity contribution is 0.126. The van der Waals surface area contributed by atoms with Crippen LogP contribution in [0.1, 0.15) is 65.6 Å². The number of unbranched alkanes of at least 4 members (excludes halogenated alkanes) is 3. The number of fused-ring (bicyclic) bond motifs is 3. The number of aromatic nitrogens is 3. The van der Waals surface area contributed by atoms with Crippen LogP contribution >= 0.6 is 0 Å². The fraction of sp³-hybridized carbons (Fsp3) is 0.577. The molecule has 2 heterocycles. The van der Waals surface area contributed by atoms with Crippen molar-refractivity contribution in [2.24, 2.45) is 5.73 Å². The van der Waals surface area contributed by atoms with Gasteiger partial charge in [-0.05, 0) is 58.2 Å². The first kappa shape index (κ1) is 26.5. The van der Waals surface area contributed by atoms with E-state index in [9.17, 15) is 4.79 Å². The van der Waals surface area contributed by atoms with Crippen molar-refractivity contribution in [3.63, 3.8) is 0 Å². The van der Waals surface area contributed by atoms with Crippen LogP contribution in [-0.4, -0.2) is 51.3 Å². The van der Waals surface area contributed by atoms with E-state index in [1.807, 2.05) is 39.0 Å². The van der Waals surface area contributed by atoms with Crippen molar-refractivity contribution in [1.29, 1.82) is 0 Å². The van der Waals surface area contributed by atoms with E-state index in [-0.39, 0.29) is 12.1 Å². The molecule has 0 unspecified atom stereocenters. The smallest absolute Gasteiger partial charge is 0.315 e. The van der Waals surface area contributed by atoms with E-state index in [4.69, 9.17) is 25.9 Å². The minimum absolute atomic E-state index is 0.129. The first-order chi connectivity index (χ1) is 16.9. The molecule has 0 radical (unpaired) electrons. The van der Waals surface area contributed by atoms with Gasteiger partial charge in [-0.2, -0.15) is 0 Å². The standard InChI is InChI=1S/C26H40N6O3/c1-5-13-32-22(17-34-6-2)30-23-24(32)20-16-19(11-12-21(20)29-25(23)27)35-15-10-8-7-9-14-31(18(3)4)26(28)33/h11-12,16,18H,5-10,13-15,17H2,1-4H3,(H2,27,29)(H2,28,33). The molecule has 2 amide bonds. The summed E-state index contributed by atoms with van der Waals surface area (Å²) in [5.41, 5.74) is 14.2. The minimum atomic E-state index is -0.352. The van der Waals surface area contributed by atoms with Crippen LogP contribution in [0.15, 0.2) is 18.2 Å². The summed E-state index contributed by atoms with van der Waals surface area (Å²) in [4.78, 5) is 22.5. The van der Waals surface area contributed by atoms with Crippen LogP contribution in [-0.2, 0) is 17.9 Å². The molecule has 4 N–H and O–H groups in total. The molecule has 35 heavy (non-hydrogen) atoms. The second-order valence-electron chi connectivity index (χ2n) is 9.08. The lowest BCUT2D eigenvalue weighted by Gasteiger charge is -2.24. The highest BCUT2D eigenvalue weighted by molar-refractivity contribution is 6.07. The summed E-state index contributed by atoms with van der Waals surface area (Å²) >= 11 is 0. The average Bonchev–Trinajstić information content (AvgIpc) is 3.18. The number of pyridine rings is 1. The van der Waals surface area contributed by atoms with Crippen molar-refractivity contribution < 1.29 is 14.3 Å². The fourth-order valence-corrected chi connectivity index (χ4v) is 4.34. The first-order valence-corrected chi connectivity index (χ1v) is 12.7. The molecule has 0 atom stereocenters. The SMILES string of the molecule is CCCn1c(COCC)nc2c(N)nc3ccc(OCCCCCCN(C(N)=O)C(C)C)cc3c21. The molecule has 0 aliphatic rings. The third kappa shape index (κ3) is 6.54. The maximum absolute atomic E-state index is 11.5. The number of urea groups is 1. The molecule has 0 fully saturated rings. The number of ether oxygens (including phenoxy) is 2. The van der Waals surface area contributed by atoms with Gasteiger partial charge in [0.15, 0.2) is 5.82 Å². The Kier molecular flexibility index (Phi) is 9.54. The summed E-state index contributed by atoms with van der Waals surface area (Å²) in [5.74, 6) is 2.10. The van der Waals surface area contributed by atoms with Gasteiger partial charge >= 0.3 is 6.03 Å². The Balaban J connectivity index is 1.67. The van der Waals surface area contributed by atoms with Crippen molar-refractivity contribution in [3.05, 3.63) is 24.0 Å². The van der Waals surface area contributed by atoms with Crippen molar-refractivity contribution in [2.45, 2.75) is 79.0 Å². The first-order valence-electron chi connectivity index (χ1n) is 12.7. The summed E-state index contributed by atoms with van der Waals surface area (Å²) in [6, 6.07) is 5.71. The van der Waals surface area contributed by atoms with Gasteiger partial charge in [0.05, 0.1) is 17.6 Å². The Morgan fingerprint density at radius 3 is 2.60 bits per heavy atom. The Labute approximate surface area is 207 Å². The van der Waals surface area contributed by atoms with Gasteiger partial charge in [0.2, 0.25) is 0 Å². The third-order valence-corrected chi connectivity index (χ3v) is 6.10. The van der Waals surface area contributed by atoms with Crippen LogP contribution < -0.4 is 16.2 Å². The summed E-state index contributed by atoms with van der Waals surface area (Å²) in [6.45, 7) is 11.3. The molecule has 0 aliphatic carbocycles. The van der Waals surface area contributed by atoms with E-state index >= 15 is 0 Å². The zero-order chi connectivity index (χ0) is 25.4. The van der Waals surface area contributed by atoms with Crippen LogP contribution in [0.3, 0.4) is 0 Å². The number of carbonyl (C=O) groups excluding carboxylic acids is 1. The molecular formula is C26H40N6O3. The van der Waals surface area contributed by atoms with Gasteiger partial charge in [0, 0.05) is 31.1 Å². The van der Waals surface area contributed by atoms with Crippen molar-refractivity contribution in [1.82, 2.24) is 19.4 Å². The number of aryl methyl sites for hydroxylation is 1. The number of hydrogen-bond donors (Lipinski definition) is 2. The molecule has 9 heteroatoms. The number of benzene rings is 1. The molecule has 2 aromatic heterocycles. The Morgan fingerprint density at radius 1 is 1.14 bits per heavy atom. The van der Waals surface area contributed by atoms with Crippen LogP contribution in [0, 0.1) is 0 Å². The molecule has 0 spiro atoms. The van der Waals surface area contributed by atoms with E-state index < -0.39 is 0 Å². The molecular weight excluding hydrogens is 444 g/mol. The van der Waals surface area contributed by atoms with Crippen LogP contribution in [0.4, 0.5) is 10.6 Å².